The van der Waals surface area contributed by atoms with Crippen molar-refractivity contribution in [3.63, 3.8) is 0 Å². The van der Waals surface area contributed by atoms with Gasteiger partial charge in [0.15, 0.2) is 0 Å². The summed E-state index contributed by atoms with van der Waals surface area (Å²) < 4.78 is 13.3. The van der Waals surface area contributed by atoms with Crippen molar-refractivity contribution in [2.45, 2.75) is 32.4 Å². The van der Waals surface area contributed by atoms with Crippen LogP contribution in [0.1, 0.15) is 25.3 Å². The molecule has 3 rings (SSSR count). The molecule has 4 nitrogen and oxygen atoms in total. The van der Waals surface area contributed by atoms with Crippen LogP contribution in [0, 0.1) is 5.82 Å². The molecule has 1 saturated heterocycles. The zero-order valence-electron chi connectivity index (χ0n) is 15.2. The predicted molar refractivity (Wildman–Crippen MR) is 103 cm³/mol. The van der Waals surface area contributed by atoms with Gasteiger partial charge in [-0.15, -0.1) is 0 Å². The van der Waals surface area contributed by atoms with Crippen LogP contribution >= 0.6 is 0 Å². The zero-order valence-corrected chi connectivity index (χ0v) is 15.2. The van der Waals surface area contributed by atoms with Crippen molar-refractivity contribution in [2.75, 3.05) is 24.5 Å². The maximum absolute atomic E-state index is 13.3. The van der Waals surface area contributed by atoms with Crippen LogP contribution in [-0.2, 0) is 6.54 Å². The molecule has 0 aromatic heterocycles. The molecule has 2 aromatic carbocycles. The third-order valence-electron chi connectivity index (χ3n) is 4.88. The van der Waals surface area contributed by atoms with E-state index in [-0.39, 0.29) is 17.9 Å². The molecule has 1 heterocycles. The number of nitrogens with one attached hydrogen (secondary N) is 1. The number of anilines is 1. The van der Waals surface area contributed by atoms with Crippen molar-refractivity contribution >= 4 is 11.7 Å². The fourth-order valence-electron chi connectivity index (χ4n) is 3.37. The highest BCUT2D eigenvalue weighted by Gasteiger charge is 2.22. The van der Waals surface area contributed by atoms with Crippen LogP contribution in [0.25, 0.3) is 0 Å². The molecule has 1 N–H and O–H groups in total. The normalized spacial score (nSPS) is 14.9. The molecule has 2 amide bonds. The van der Waals surface area contributed by atoms with Crippen LogP contribution in [0.15, 0.2) is 54.6 Å². The molecule has 0 bridgehead atoms. The summed E-state index contributed by atoms with van der Waals surface area (Å²) in [5.41, 5.74) is 2.04. The SMILES string of the molecule is CCN(Cc1cccc(F)c1)C(=O)NC1CCN(c2ccccc2)CC1. The number of halogens is 1. The van der Waals surface area contributed by atoms with Gasteiger partial charge in [-0.05, 0) is 49.6 Å². The van der Waals surface area contributed by atoms with E-state index in [9.17, 15) is 9.18 Å². The minimum absolute atomic E-state index is 0.0741. The predicted octanol–water partition coefficient (Wildman–Crippen LogP) is 4.03. The third-order valence-corrected chi connectivity index (χ3v) is 4.88. The van der Waals surface area contributed by atoms with Crippen LogP contribution in [0.2, 0.25) is 0 Å². The lowest BCUT2D eigenvalue weighted by molar-refractivity contribution is 0.191. The summed E-state index contributed by atoms with van der Waals surface area (Å²) in [5.74, 6) is -0.271. The Morgan fingerprint density at radius 3 is 2.54 bits per heavy atom. The number of rotatable bonds is 5. The topological polar surface area (TPSA) is 35.6 Å². The van der Waals surface area contributed by atoms with Gasteiger partial charge in [-0.25, -0.2) is 9.18 Å². The first-order valence-electron chi connectivity index (χ1n) is 9.25. The Hall–Kier alpha value is -2.56. The lowest BCUT2D eigenvalue weighted by atomic mass is 10.0. The number of benzene rings is 2. The van der Waals surface area contributed by atoms with Crippen molar-refractivity contribution in [3.05, 3.63) is 66.0 Å². The number of carbonyl (C=O) groups is 1. The van der Waals surface area contributed by atoms with Crippen molar-refractivity contribution in [2.24, 2.45) is 0 Å². The molecule has 0 saturated carbocycles. The van der Waals surface area contributed by atoms with E-state index in [0.717, 1.165) is 31.5 Å². The molecule has 26 heavy (non-hydrogen) atoms. The minimum atomic E-state index is -0.271. The molecule has 2 aromatic rings. The van der Waals surface area contributed by atoms with Gasteiger partial charge in [-0.2, -0.15) is 0 Å². The summed E-state index contributed by atoms with van der Waals surface area (Å²) in [6.07, 6.45) is 1.86. The second-order valence-electron chi connectivity index (χ2n) is 6.69. The maximum atomic E-state index is 13.3. The van der Waals surface area contributed by atoms with Gasteiger partial charge in [0.2, 0.25) is 0 Å². The fraction of sp³-hybridized carbons (Fsp3) is 0.381. The number of amides is 2. The molecule has 1 fully saturated rings. The first kappa shape index (κ1) is 18.2. The largest absolute Gasteiger partial charge is 0.371 e. The molecule has 1 aliphatic heterocycles. The Morgan fingerprint density at radius 1 is 1.15 bits per heavy atom. The van der Waals surface area contributed by atoms with E-state index in [4.69, 9.17) is 0 Å². The summed E-state index contributed by atoms with van der Waals surface area (Å²) in [5, 5.41) is 3.14. The van der Waals surface area contributed by atoms with Crippen LogP contribution in [0.3, 0.4) is 0 Å². The molecule has 0 aliphatic carbocycles. The van der Waals surface area contributed by atoms with Gasteiger partial charge < -0.3 is 15.1 Å². The number of para-hydroxylation sites is 1. The standard InChI is InChI=1S/C21H26FN3O/c1-2-24(16-17-7-6-8-18(22)15-17)21(26)23-19-11-13-25(14-12-19)20-9-4-3-5-10-20/h3-10,15,19H,2,11-14,16H2,1H3,(H,23,26). The van der Waals surface area contributed by atoms with Crippen molar-refractivity contribution in [1.29, 1.82) is 0 Å². The molecule has 0 unspecified atom stereocenters. The highest BCUT2D eigenvalue weighted by molar-refractivity contribution is 5.74. The van der Waals surface area contributed by atoms with E-state index in [0.29, 0.717) is 13.1 Å². The molecule has 138 valence electrons. The van der Waals surface area contributed by atoms with Gasteiger partial charge in [-0.3, -0.25) is 0 Å². The monoisotopic (exact) mass is 355 g/mol. The summed E-state index contributed by atoms with van der Waals surface area (Å²) in [6.45, 7) is 4.82. The molecular formula is C21H26FN3O. The number of urea groups is 1. The first-order chi connectivity index (χ1) is 12.7. The number of hydrogen-bond donors (Lipinski definition) is 1. The summed E-state index contributed by atoms with van der Waals surface area (Å²) in [7, 11) is 0. The Morgan fingerprint density at radius 2 is 1.88 bits per heavy atom. The highest BCUT2D eigenvalue weighted by Crippen LogP contribution is 2.19. The van der Waals surface area contributed by atoms with Crippen LogP contribution < -0.4 is 10.2 Å². The Kier molecular flexibility index (Phi) is 6.10. The molecular weight excluding hydrogens is 329 g/mol. The third kappa shape index (κ3) is 4.75. The summed E-state index contributed by atoms with van der Waals surface area (Å²) in [4.78, 5) is 16.7. The molecule has 0 atom stereocenters. The average molecular weight is 355 g/mol. The number of piperidine rings is 1. The molecule has 0 spiro atoms. The summed E-state index contributed by atoms with van der Waals surface area (Å²) in [6, 6.07) is 16.9. The van der Waals surface area contributed by atoms with E-state index in [1.54, 1.807) is 11.0 Å². The minimum Gasteiger partial charge on any atom is -0.371 e. The van der Waals surface area contributed by atoms with Gasteiger partial charge in [0, 0.05) is 37.9 Å². The van der Waals surface area contributed by atoms with Crippen molar-refractivity contribution in [3.8, 4) is 0 Å². The quantitative estimate of drug-likeness (QED) is 0.879. The first-order valence-corrected chi connectivity index (χ1v) is 9.25. The second-order valence-corrected chi connectivity index (χ2v) is 6.69. The van der Waals surface area contributed by atoms with Crippen molar-refractivity contribution in [1.82, 2.24) is 10.2 Å². The summed E-state index contributed by atoms with van der Waals surface area (Å²) >= 11 is 0. The van der Waals surface area contributed by atoms with Crippen molar-refractivity contribution < 1.29 is 9.18 Å². The lowest BCUT2D eigenvalue weighted by Gasteiger charge is -2.35. The van der Waals surface area contributed by atoms with Gasteiger partial charge in [-0.1, -0.05) is 30.3 Å². The van der Waals surface area contributed by atoms with E-state index >= 15 is 0 Å². The van der Waals surface area contributed by atoms with Gasteiger partial charge in [0.05, 0.1) is 0 Å². The molecule has 5 heteroatoms. The zero-order chi connectivity index (χ0) is 18.4. The van der Waals surface area contributed by atoms with E-state index in [1.165, 1.54) is 17.8 Å². The van der Waals surface area contributed by atoms with Gasteiger partial charge in [0.25, 0.3) is 0 Å². The number of nitrogens with zero attached hydrogens (tertiary/aromatic N) is 2. The smallest absolute Gasteiger partial charge is 0.317 e. The van der Waals surface area contributed by atoms with Crippen LogP contribution in [-0.4, -0.2) is 36.6 Å². The van der Waals surface area contributed by atoms with Crippen LogP contribution in [0.4, 0.5) is 14.9 Å². The van der Waals surface area contributed by atoms with E-state index in [2.05, 4.69) is 34.5 Å². The second kappa shape index (κ2) is 8.70. The molecule has 0 radical (unpaired) electrons. The van der Waals surface area contributed by atoms with E-state index in [1.807, 2.05) is 19.1 Å². The lowest BCUT2D eigenvalue weighted by Crippen LogP contribution is -2.49. The van der Waals surface area contributed by atoms with E-state index < -0.39 is 0 Å². The highest BCUT2D eigenvalue weighted by atomic mass is 19.1. The number of carbonyl (C=O) groups excluding carboxylic acids is 1. The average Bonchev–Trinajstić information content (AvgIpc) is 2.67. The Balaban J connectivity index is 1.51. The van der Waals surface area contributed by atoms with Gasteiger partial charge in [0.1, 0.15) is 5.82 Å². The fourth-order valence-corrected chi connectivity index (χ4v) is 3.37. The molecule has 1 aliphatic rings. The van der Waals surface area contributed by atoms with Gasteiger partial charge >= 0.3 is 6.03 Å². The van der Waals surface area contributed by atoms with Crippen LogP contribution in [0.5, 0.6) is 0 Å². The Bertz CT molecular complexity index is 714. The Labute approximate surface area is 154 Å². The maximum Gasteiger partial charge on any atom is 0.317 e. The number of hydrogen-bond acceptors (Lipinski definition) is 2.